The Kier molecular flexibility index (Phi) is 2.97. The van der Waals surface area contributed by atoms with Gasteiger partial charge in [-0.15, -0.1) is 0 Å². The molecule has 1 aromatic heterocycles. The number of thioether (sulfide) groups is 1. The summed E-state index contributed by atoms with van der Waals surface area (Å²) in [6.07, 6.45) is 2.57. The van der Waals surface area contributed by atoms with E-state index in [4.69, 9.17) is 0 Å². The van der Waals surface area contributed by atoms with Gasteiger partial charge in [0.05, 0.1) is 11.0 Å². The molecule has 1 fully saturated rings. The Morgan fingerprint density at radius 3 is 3.06 bits per heavy atom. The van der Waals surface area contributed by atoms with Crippen LogP contribution in [0.4, 0.5) is 5.95 Å². The van der Waals surface area contributed by atoms with E-state index in [2.05, 4.69) is 40.1 Å². The molecule has 2 aromatic rings. The first-order valence-electron chi connectivity index (χ1n) is 6.10. The number of fused-ring (bicyclic) bond motifs is 1. The topological polar surface area (TPSA) is 29.9 Å². The van der Waals surface area contributed by atoms with Gasteiger partial charge in [-0.25, -0.2) is 4.98 Å². The molecule has 1 N–H and O–H groups in total. The molecular formula is C13H17N3S. The molecule has 1 aliphatic heterocycles. The van der Waals surface area contributed by atoms with E-state index in [0.29, 0.717) is 6.04 Å². The van der Waals surface area contributed by atoms with Gasteiger partial charge in [-0.1, -0.05) is 12.1 Å². The normalized spacial score (nSPS) is 20.6. The van der Waals surface area contributed by atoms with Crippen molar-refractivity contribution in [2.45, 2.75) is 18.9 Å². The summed E-state index contributed by atoms with van der Waals surface area (Å²) in [5.74, 6) is 3.50. The number of hydrogen-bond donors (Lipinski definition) is 1. The Morgan fingerprint density at radius 1 is 1.41 bits per heavy atom. The van der Waals surface area contributed by atoms with Crippen molar-refractivity contribution in [2.24, 2.45) is 7.05 Å². The highest BCUT2D eigenvalue weighted by atomic mass is 32.2. The van der Waals surface area contributed by atoms with Crippen LogP contribution in [0.1, 0.15) is 12.8 Å². The summed E-state index contributed by atoms with van der Waals surface area (Å²) < 4.78 is 2.15. The summed E-state index contributed by atoms with van der Waals surface area (Å²) in [5.41, 5.74) is 2.26. The van der Waals surface area contributed by atoms with Crippen molar-refractivity contribution >= 4 is 28.7 Å². The number of para-hydroxylation sites is 2. The molecule has 0 amide bonds. The van der Waals surface area contributed by atoms with Gasteiger partial charge in [-0.2, -0.15) is 11.8 Å². The van der Waals surface area contributed by atoms with Crippen molar-refractivity contribution in [3.05, 3.63) is 24.3 Å². The monoisotopic (exact) mass is 247 g/mol. The Bertz CT molecular complexity index is 514. The zero-order valence-electron chi connectivity index (χ0n) is 10.0. The van der Waals surface area contributed by atoms with Crippen molar-refractivity contribution in [3.8, 4) is 0 Å². The third-order valence-electron chi connectivity index (χ3n) is 3.28. The molecule has 1 aliphatic rings. The fourth-order valence-electron chi connectivity index (χ4n) is 2.31. The molecule has 0 bridgehead atoms. The second-order valence-electron chi connectivity index (χ2n) is 4.54. The number of hydrogen-bond acceptors (Lipinski definition) is 3. The summed E-state index contributed by atoms with van der Waals surface area (Å²) in [7, 11) is 2.08. The molecule has 3 rings (SSSR count). The smallest absolute Gasteiger partial charge is 0.203 e. The second kappa shape index (κ2) is 4.61. The molecule has 0 spiro atoms. The zero-order valence-corrected chi connectivity index (χ0v) is 10.8. The number of imidazole rings is 1. The van der Waals surface area contributed by atoms with Crippen LogP contribution < -0.4 is 5.32 Å². The second-order valence-corrected chi connectivity index (χ2v) is 5.69. The first kappa shape index (κ1) is 11.0. The molecule has 4 heteroatoms. The zero-order chi connectivity index (χ0) is 11.7. The van der Waals surface area contributed by atoms with Crippen LogP contribution in [-0.2, 0) is 7.05 Å². The van der Waals surface area contributed by atoms with Crippen LogP contribution in [0.2, 0.25) is 0 Å². The summed E-state index contributed by atoms with van der Waals surface area (Å²) in [5, 5.41) is 3.57. The number of aryl methyl sites for hydroxylation is 1. The summed E-state index contributed by atoms with van der Waals surface area (Å²) in [6, 6.07) is 8.85. The third-order valence-corrected chi connectivity index (χ3v) is 4.50. The van der Waals surface area contributed by atoms with Crippen molar-refractivity contribution in [2.75, 3.05) is 16.8 Å². The van der Waals surface area contributed by atoms with E-state index in [1.165, 1.54) is 29.9 Å². The van der Waals surface area contributed by atoms with E-state index in [-0.39, 0.29) is 0 Å². The fraction of sp³-hybridized carbons (Fsp3) is 0.462. The number of rotatable bonds is 2. The molecule has 1 saturated heterocycles. The van der Waals surface area contributed by atoms with Crippen LogP contribution in [0.3, 0.4) is 0 Å². The lowest BCUT2D eigenvalue weighted by Crippen LogP contribution is -2.27. The van der Waals surface area contributed by atoms with Gasteiger partial charge in [0.1, 0.15) is 0 Å². The molecule has 1 aromatic carbocycles. The Hall–Kier alpha value is -1.16. The van der Waals surface area contributed by atoms with Crippen LogP contribution in [0.25, 0.3) is 11.0 Å². The minimum absolute atomic E-state index is 0.573. The molecule has 0 radical (unpaired) electrons. The standard InChI is InChI=1S/C13H17N3S/c1-16-12-7-3-2-6-11(12)15-13(16)14-10-5-4-8-17-9-10/h2-3,6-7,10H,4-5,8-9H2,1H3,(H,14,15). The Balaban J connectivity index is 1.87. The van der Waals surface area contributed by atoms with Crippen molar-refractivity contribution < 1.29 is 0 Å². The number of nitrogens with zero attached hydrogens (tertiary/aromatic N) is 2. The highest BCUT2D eigenvalue weighted by Crippen LogP contribution is 2.22. The summed E-state index contributed by atoms with van der Waals surface area (Å²) in [6.45, 7) is 0. The maximum absolute atomic E-state index is 4.65. The predicted octanol–water partition coefficient (Wildman–Crippen LogP) is 2.88. The van der Waals surface area contributed by atoms with E-state index in [9.17, 15) is 0 Å². The molecule has 0 aliphatic carbocycles. The van der Waals surface area contributed by atoms with Crippen LogP contribution in [-0.4, -0.2) is 27.1 Å². The van der Waals surface area contributed by atoms with Crippen LogP contribution in [0.15, 0.2) is 24.3 Å². The first-order valence-corrected chi connectivity index (χ1v) is 7.26. The van der Waals surface area contributed by atoms with Gasteiger partial charge in [0.25, 0.3) is 0 Å². The van der Waals surface area contributed by atoms with Crippen LogP contribution in [0.5, 0.6) is 0 Å². The predicted molar refractivity (Wildman–Crippen MR) is 74.7 cm³/mol. The van der Waals surface area contributed by atoms with Crippen molar-refractivity contribution in [3.63, 3.8) is 0 Å². The van der Waals surface area contributed by atoms with E-state index in [0.717, 1.165) is 11.5 Å². The molecule has 90 valence electrons. The number of aromatic nitrogens is 2. The first-order chi connectivity index (χ1) is 8.34. The molecular weight excluding hydrogens is 230 g/mol. The molecule has 0 saturated carbocycles. The SMILES string of the molecule is Cn1c(NC2CCCSC2)nc2ccccc21. The van der Waals surface area contributed by atoms with Crippen LogP contribution in [0, 0.1) is 0 Å². The van der Waals surface area contributed by atoms with Crippen molar-refractivity contribution in [1.29, 1.82) is 0 Å². The Morgan fingerprint density at radius 2 is 2.29 bits per heavy atom. The molecule has 1 atom stereocenters. The van der Waals surface area contributed by atoms with E-state index in [1.54, 1.807) is 0 Å². The number of benzene rings is 1. The van der Waals surface area contributed by atoms with Gasteiger partial charge in [-0.05, 0) is 30.7 Å². The Labute approximate surface area is 106 Å². The van der Waals surface area contributed by atoms with Crippen molar-refractivity contribution in [1.82, 2.24) is 9.55 Å². The van der Waals surface area contributed by atoms with Gasteiger partial charge < -0.3 is 9.88 Å². The summed E-state index contributed by atoms with van der Waals surface area (Å²) in [4.78, 5) is 4.65. The van der Waals surface area contributed by atoms with Gasteiger partial charge in [0.2, 0.25) is 5.95 Å². The van der Waals surface area contributed by atoms with E-state index in [1.807, 2.05) is 17.8 Å². The average Bonchev–Trinajstić information content (AvgIpc) is 2.68. The lowest BCUT2D eigenvalue weighted by Gasteiger charge is -2.22. The molecule has 3 nitrogen and oxygen atoms in total. The van der Waals surface area contributed by atoms with Gasteiger partial charge in [-0.3, -0.25) is 0 Å². The van der Waals surface area contributed by atoms with Crippen LogP contribution >= 0.6 is 11.8 Å². The summed E-state index contributed by atoms with van der Waals surface area (Å²) >= 11 is 2.04. The van der Waals surface area contributed by atoms with Gasteiger partial charge in [0, 0.05) is 18.8 Å². The van der Waals surface area contributed by atoms with E-state index < -0.39 is 0 Å². The largest absolute Gasteiger partial charge is 0.352 e. The molecule has 2 heterocycles. The number of nitrogens with one attached hydrogen (secondary N) is 1. The molecule has 1 unspecified atom stereocenters. The maximum atomic E-state index is 4.65. The molecule has 17 heavy (non-hydrogen) atoms. The minimum Gasteiger partial charge on any atom is -0.352 e. The highest BCUT2D eigenvalue weighted by molar-refractivity contribution is 7.99. The fourth-order valence-corrected chi connectivity index (χ4v) is 3.38. The lowest BCUT2D eigenvalue weighted by molar-refractivity contribution is 0.674. The number of anilines is 1. The van der Waals surface area contributed by atoms with Gasteiger partial charge in [0.15, 0.2) is 0 Å². The maximum Gasteiger partial charge on any atom is 0.203 e. The highest BCUT2D eigenvalue weighted by Gasteiger charge is 2.16. The van der Waals surface area contributed by atoms with E-state index >= 15 is 0 Å². The third kappa shape index (κ3) is 2.14. The quantitative estimate of drug-likeness (QED) is 0.885. The van der Waals surface area contributed by atoms with Gasteiger partial charge >= 0.3 is 0 Å². The lowest BCUT2D eigenvalue weighted by atomic mass is 10.2. The minimum atomic E-state index is 0.573. The average molecular weight is 247 g/mol.